The molecule has 0 aliphatic carbocycles. The monoisotopic (exact) mass is 486 g/mol. The van der Waals surface area contributed by atoms with Crippen molar-refractivity contribution in [3.05, 3.63) is 57.1 Å². The molecule has 7 nitrogen and oxygen atoms in total. The van der Waals surface area contributed by atoms with Crippen LogP contribution >= 0.6 is 15.9 Å². The van der Waals surface area contributed by atoms with Crippen molar-refractivity contribution in [2.45, 2.75) is 20.8 Å². The number of hydrogen-bond donors (Lipinski definition) is 1. The molecular formula is C23H23BrN2O5. The minimum atomic E-state index is -0.528. The lowest BCUT2D eigenvalue weighted by atomic mass is 10.1. The maximum atomic E-state index is 12.6. The number of benzene rings is 2. The molecule has 1 N–H and O–H groups in total. The Morgan fingerprint density at radius 3 is 2.52 bits per heavy atom. The van der Waals surface area contributed by atoms with Crippen LogP contribution in [-0.2, 0) is 14.3 Å². The second-order valence-corrected chi connectivity index (χ2v) is 7.40. The SMILES string of the molecule is CCOC(=O)COc1cc(Br)c(/C=C(\C#N)C(=O)Nc2ccc(C)c(C)c2)cc1OC. The fraction of sp³-hybridized carbons (Fsp3) is 0.261. The van der Waals surface area contributed by atoms with E-state index in [9.17, 15) is 14.9 Å². The van der Waals surface area contributed by atoms with Gasteiger partial charge in [-0.05, 0) is 67.8 Å². The van der Waals surface area contributed by atoms with E-state index in [1.807, 2.05) is 32.0 Å². The maximum absolute atomic E-state index is 12.6. The van der Waals surface area contributed by atoms with Gasteiger partial charge in [0.15, 0.2) is 18.1 Å². The number of esters is 1. The Bertz CT molecular complexity index is 1060. The molecule has 0 bridgehead atoms. The number of nitrogens with one attached hydrogen (secondary N) is 1. The molecule has 162 valence electrons. The molecule has 8 heteroatoms. The Labute approximate surface area is 189 Å². The Hall–Kier alpha value is -3.31. The van der Waals surface area contributed by atoms with E-state index in [1.165, 1.54) is 13.2 Å². The van der Waals surface area contributed by atoms with Gasteiger partial charge in [-0.1, -0.05) is 22.0 Å². The smallest absolute Gasteiger partial charge is 0.344 e. The molecule has 2 aromatic carbocycles. The van der Waals surface area contributed by atoms with Gasteiger partial charge in [-0.25, -0.2) is 4.79 Å². The maximum Gasteiger partial charge on any atom is 0.344 e. The van der Waals surface area contributed by atoms with Gasteiger partial charge in [0.2, 0.25) is 0 Å². The average Bonchev–Trinajstić information content (AvgIpc) is 2.74. The van der Waals surface area contributed by atoms with Crippen LogP contribution in [0.3, 0.4) is 0 Å². The molecule has 0 atom stereocenters. The third-order valence-corrected chi connectivity index (χ3v) is 5.05. The summed E-state index contributed by atoms with van der Waals surface area (Å²) in [6.07, 6.45) is 1.44. The fourth-order valence-electron chi connectivity index (χ4n) is 2.59. The van der Waals surface area contributed by atoms with Crippen LogP contribution in [0.5, 0.6) is 11.5 Å². The van der Waals surface area contributed by atoms with Gasteiger partial charge in [0.1, 0.15) is 11.6 Å². The van der Waals surface area contributed by atoms with Gasteiger partial charge in [-0.3, -0.25) is 4.79 Å². The molecule has 2 aromatic rings. The Balaban J connectivity index is 2.26. The first-order valence-electron chi connectivity index (χ1n) is 9.45. The number of amides is 1. The van der Waals surface area contributed by atoms with Crippen LogP contribution in [0.2, 0.25) is 0 Å². The quantitative estimate of drug-likeness (QED) is 0.333. The number of ether oxygens (including phenoxy) is 3. The first-order valence-corrected chi connectivity index (χ1v) is 10.2. The number of anilines is 1. The van der Waals surface area contributed by atoms with E-state index in [-0.39, 0.29) is 18.8 Å². The van der Waals surface area contributed by atoms with Crippen molar-refractivity contribution < 1.29 is 23.8 Å². The molecule has 0 radical (unpaired) electrons. The molecule has 31 heavy (non-hydrogen) atoms. The van der Waals surface area contributed by atoms with Crippen LogP contribution in [0.4, 0.5) is 5.69 Å². The highest BCUT2D eigenvalue weighted by Crippen LogP contribution is 2.34. The number of nitriles is 1. The number of carbonyl (C=O) groups excluding carboxylic acids is 2. The predicted octanol–water partition coefficient (Wildman–Crippen LogP) is 4.56. The molecule has 0 heterocycles. The number of halogens is 1. The highest BCUT2D eigenvalue weighted by Gasteiger charge is 2.15. The number of aryl methyl sites for hydroxylation is 2. The minimum Gasteiger partial charge on any atom is -0.493 e. The molecule has 0 fully saturated rings. The molecule has 1 amide bonds. The average molecular weight is 487 g/mol. The highest BCUT2D eigenvalue weighted by molar-refractivity contribution is 9.10. The minimum absolute atomic E-state index is 0.0822. The number of hydrogen-bond acceptors (Lipinski definition) is 6. The summed E-state index contributed by atoms with van der Waals surface area (Å²) >= 11 is 3.40. The Morgan fingerprint density at radius 1 is 1.16 bits per heavy atom. The zero-order valence-electron chi connectivity index (χ0n) is 17.7. The lowest BCUT2D eigenvalue weighted by Crippen LogP contribution is -2.15. The van der Waals surface area contributed by atoms with Crippen molar-refractivity contribution >= 4 is 39.6 Å². The van der Waals surface area contributed by atoms with E-state index < -0.39 is 11.9 Å². The lowest BCUT2D eigenvalue weighted by molar-refractivity contribution is -0.145. The number of methoxy groups -OCH3 is 1. The summed E-state index contributed by atoms with van der Waals surface area (Å²) in [5.41, 5.74) is 3.20. The first kappa shape index (κ1) is 24.0. The van der Waals surface area contributed by atoms with E-state index in [4.69, 9.17) is 14.2 Å². The predicted molar refractivity (Wildman–Crippen MR) is 121 cm³/mol. The second-order valence-electron chi connectivity index (χ2n) is 6.54. The number of rotatable bonds is 8. The molecule has 0 unspecified atom stereocenters. The Kier molecular flexibility index (Phi) is 8.64. The largest absolute Gasteiger partial charge is 0.493 e. The van der Waals surface area contributed by atoms with Crippen molar-refractivity contribution in [2.24, 2.45) is 0 Å². The highest BCUT2D eigenvalue weighted by atomic mass is 79.9. The van der Waals surface area contributed by atoms with E-state index in [1.54, 1.807) is 25.1 Å². The van der Waals surface area contributed by atoms with Gasteiger partial charge in [0.05, 0.1) is 13.7 Å². The van der Waals surface area contributed by atoms with Crippen LogP contribution in [-0.4, -0.2) is 32.2 Å². The molecule has 0 saturated heterocycles. The third-order valence-electron chi connectivity index (χ3n) is 4.36. The van der Waals surface area contributed by atoms with E-state index in [0.717, 1.165) is 11.1 Å². The standard InChI is InChI=1S/C23H23BrN2O5/c1-5-30-22(27)13-31-21-11-19(24)16(10-20(21)29-4)9-17(12-25)23(28)26-18-7-6-14(2)15(3)8-18/h6-11H,5,13H2,1-4H3,(H,26,28)/b17-9+. The van der Waals surface area contributed by atoms with Gasteiger partial charge in [-0.2, -0.15) is 5.26 Å². The topological polar surface area (TPSA) is 97.7 Å². The van der Waals surface area contributed by atoms with Crippen LogP contribution in [0.15, 0.2) is 40.4 Å². The molecule has 0 aliphatic heterocycles. The summed E-state index contributed by atoms with van der Waals surface area (Å²) in [5, 5.41) is 12.2. The summed E-state index contributed by atoms with van der Waals surface area (Å²) in [6.45, 7) is 5.62. The molecule has 0 saturated carbocycles. The molecule has 0 aliphatic rings. The summed E-state index contributed by atoms with van der Waals surface area (Å²) in [5.74, 6) is -0.373. The van der Waals surface area contributed by atoms with Crippen molar-refractivity contribution in [2.75, 3.05) is 25.6 Å². The van der Waals surface area contributed by atoms with Gasteiger partial charge >= 0.3 is 5.97 Å². The fourth-order valence-corrected chi connectivity index (χ4v) is 3.03. The molecule has 0 aromatic heterocycles. The van der Waals surface area contributed by atoms with Crippen LogP contribution in [0.25, 0.3) is 6.08 Å². The number of carbonyl (C=O) groups is 2. The molecule has 2 rings (SSSR count). The zero-order valence-corrected chi connectivity index (χ0v) is 19.3. The summed E-state index contributed by atoms with van der Waals surface area (Å²) in [4.78, 5) is 24.1. The van der Waals surface area contributed by atoms with Crippen LogP contribution in [0.1, 0.15) is 23.6 Å². The van der Waals surface area contributed by atoms with Crippen LogP contribution in [0, 0.1) is 25.2 Å². The summed E-state index contributed by atoms with van der Waals surface area (Å²) in [6, 6.07) is 10.7. The van der Waals surface area contributed by atoms with E-state index in [0.29, 0.717) is 27.2 Å². The summed E-state index contributed by atoms with van der Waals surface area (Å²) < 4.78 is 16.2. The van der Waals surface area contributed by atoms with Gasteiger partial charge < -0.3 is 19.5 Å². The van der Waals surface area contributed by atoms with Crippen molar-refractivity contribution in [1.29, 1.82) is 5.26 Å². The first-order chi connectivity index (χ1) is 14.8. The molecule has 0 spiro atoms. The lowest BCUT2D eigenvalue weighted by Gasteiger charge is -2.13. The normalized spacial score (nSPS) is 10.8. The van der Waals surface area contributed by atoms with Crippen molar-refractivity contribution in [1.82, 2.24) is 0 Å². The van der Waals surface area contributed by atoms with Gasteiger partial charge in [-0.15, -0.1) is 0 Å². The van der Waals surface area contributed by atoms with Crippen molar-refractivity contribution in [3.8, 4) is 17.6 Å². The second kappa shape index (κ2) is 11.2. The zero-order chi connectivity index (χ0) is 23.0. The van der Waals surface area contributed by atoms with Crippen LogP contribution < -0.4 is 14.8 Å². The number of nitrogens with zero attached hydrogens (tertiary/aromatic N) is 1. The van der Waals surface area contributed by atoms with Gasteiger partial charge in [0.25, 0.3) is 5.91 Å². The molecular weight excluding hydrogens is 464 g/mol. The van der Waals surface area contributed by atoms with E-state index in [2.05, 4.69) is 21.2 Å². The third kappa shape index (κ3) is 6.59. The van der Waals surface area contributed by atoms with Gasteiger partial charge in [0, 0.05) is 10.2 Å². The van der Waals surface area contributed by atoms with E-state index >= 15 is 0 Å². The summed E-state index contributed by atoms with van der Waals surface area (Å²) in [7, 11) is 1.45. The Morgan fingerprint density at radius 2 is 1.90 bits per heavy atom. The van der Waals surface area contributed by atoms with Crippen molar-refractivity contribution in [3.63, 3.8) is 0 Å².